The van der Waals surface area contributed by atoms with Crippen molar-refractivity contribution >= 4 is 23.4 Å². The molecule has 25 heavy (non-hydrogen) atoms. The third kappa shape index (κ3) is 3.96. The predicted molar refractivity (Wildman–Crippen MR) is 92.0 cm³/mol. The molecular formula is C17H23N5O3. The van der Waals surface area contributed by atoms with Gasteiger partial charge in [0.15, 0.2) is 0 Å². The van der Waals surface area contributed by atoms with Crippen LogP contribution in [0.25, 0.3) is 0 Å². The predicted octanol–water partition coefficient (Wildman–Crippen LogP) is -0.703. The number of nitrogens with zero attached hydrogens (tertiary/aromatic N) is 3. The fourth-order valence-electron chi connectivity index (χ4n) is 3.25. The summed E-state index contributed by atoms with van der Waals surface area (Å²) >= 11 is 0. The molecule has 2 saturated heterocycles. The molecular weight excluding hydrogens is 322 g/mol. The highest BCUT2D eigenvalue weighted by molar-refractivity contribution is 6.01. The van der Waals surface area contributed by atoms with E-state index in [2.05, 4.69) is 20.5 Å². The number of carbonyl (C=O) groups excluding carboxylic acids is 3. The Morgan fingerprint density at radius 3 is 2.84 bits per heavy atom. The van der Waals surface area contributed by atoms with E-state index >= 15 is 0 Å². The van der Waals surface area contributed by atoms with E-state index < -0.39 is 11.9 Å². The number of anilines is 1. The number of carbonyl (C=O) groups is 3. The van der Waals surface area contributed by atoms with Crippen molar-refractivity contribution in [2.24, 2.45) is 0 Å². The lowest BCUT2D eigenvalue weighted by Gasteiger charge is -2.32. The van der Waals surface area contributed by atoms with Crippen LogP contribution in [0.1, 0.15) is 18.5 Å². The smallest absolute Gasteiger partial charge is 0.249 e. The van der Waals surface area contributed by atoms with E-state index in [0.29, 0.717) is 12.1 Å². The molecule has 8 nitrogen and oxygen atoms in total. The van der Waals surface area contributed by atoms with E-state index in [1.54, 1.807) is 13.2 Å². The first kappa shape index (κ1) is 17.3. The number of likely N-dealkylation sites (N-methyl/N-ethyl adjacent to an activating group) is 1. The van der Waals surface area contributed by atoms with Crippen molar-refractivity contribution in [3.8, 4) is 0 Å². The highest BCUT2D eigenvalue weighted by atomic mass is 16.2. The van der Waals surface area contributed by atoms with Gasteiger partial charge in [-0.3, -0.25) is 24.7 Å². The SMILES string of the molecule is CN(C(=O)Cc1ncccc1N1CCNCC1)C1CCC(=O)NC1=O. The molecule has 1 aromatic heterocycles. The standard InChI is InChI=1S/C17H23N5O3/c1-21(14-4-5-15(23)20-17(14)25)16(24)11-12-13(3-2-6-19-12)22-9-7-18-8-10-22/h2-3,6,14,18H,4-5,7-11H2,1H3,(H,20,23,25). The first-order valence-corrected chi connectivity index (χ1v) is 8.55. The number of aromatic nitrogens is 1. The van der Waals surface area contributed by atoms with Crippen molar-refractivity contribution in [1.82, 2.24) is 20.5 Å². The zero-order valence-electron chi connectivity index (χ0n) is 14.3. The van der Waals surface area contributed by atoms with E-state index in [-0.39, 0.29) is 24.7 Å². The van der Waals surface area contributed by atoms with Crippen LogP contribution in [0, 0.1) is 0 Å². The monoisotopic (exact) mass is 345 g/mol. The average molecular weight is 345 g/mol. The van der Waals surface area contributed by atoms with Gasteiger partial charge < -0.3 is 15.1 Å². The minimum Gasteiger partial charge on any atom is -0.368 e. The summed E-state index contributed by atoms with van der Waals surface area (Å²) in [4.78, 5) is 43.9. The van der Waals surface area contributed by atoms with E-state index in [1.807, 2.05) is 12.1 Å². The molecule has 0 saturated carbocycles. The van der Waals surface area contributed by atoms with Crippen molar-refractivity contribution in [2.75, 3.05) is 38.1 Å². The average Bonchev–Trinajstić information content (AvgIpc) is 2.62. The fourth-order valence-corrected chi connectivity index (χ4v) is 3.25. The van der Waals surface area contributed by atoms with Gasteiger partial charge in [-0.15, -0.1) is 0 Å². The number of hydrogen-bond donors (Lipinski definition) is 2. The molecule has 0 spiro atoms. The molecule has 8 heteroatoms. The van der Waals surface area contributed by atoms with E-state index in [0.717, 1.165) is 31.9 Å². The Hall–Kier alpha value is -2.48. The van der Waals surface area contributed by atoms with Crippen molar-refractivity contribution in [3.63, 3.8) is 0 Å². The number of rotatable bonds is 4. The topological polar surface area (TPSA) is 94.6 Å². The van der Waals surface area contributed by atoms with Gasteiger partial charge in [0.1, 0.15) is 6.04 Å². The van der Waals surface area contributed by atoms with Crippen LogP contribution >= 0.6 is 0 Å². The Kier molecular flexibility index (Phi) is 5.28. The highest BCUT2D eigenvalue weighted by Gasteiger charge is 2.32. The van der Waals surface area contributed by atoms with Gasteiger partial charge in [-0.1, -0.05) is 0 Å². The Bertz CT molecular complexity index is 672. The molecule has 1 aromatic rings. The van der Waals surface area contributed by atoms with Crippen LogP contribution in [0.4, 0.5) is 5.69 Å². The van der Waals surface area contributed by atoms with Crippen LogP contribution in [0.2, 0.25) is 0 Å². The maximum absolute atomic E-state index is 12.7. The molecule has 1 unspecified atom stereocenters. The maximum Gasteiger partial charge on any atom is 0.249 e. The van der Waals surface area contributed by atoms with Gasteiger partial charge in [-0.25, -0.2) is 0 Å². The highest BCUT2D eigenvalue weighted by Crippen LogP contribution is 2.20. The molecule has 3 heterocycles. The number of amides is 3. The van der Waals surface area contributed by atoms with E-state index in [9.17, 15) is 14.4 Å². The third-order valence-corrected chi connectivity index (χ3v) is 4.71. The molecule has 3 amide bonds. The largest absolute Gasteiger partial charge is 0.368 e. The van der Waals surface area contributed by atoms with Gasteiger partial charge in [0.25, 0.3) is 0 Å². The van der Waals surface area contributed by atoms with Crippen molar-refractivity contribution in [3.05, 3.63) is 24.0 Å². The summed E-state index contributed by atoms with van der Waals surface area (Å²) in [6, 6.07) is 3.25. The van der Waals surface area contributed by atoms with Crippen LogP contribution in [-0.4, -0.2) is 66.9 Å². The van der Waals surface area contributed by atoms with Crippen molar-refractivity contribution < 1.29 is 14.4 Å². The second kappa shape index (κ2) is 7.60. The number of piperidine rings is 1. The molecule has 1 atom stereocenters. The zero-order chi connectivity index (χ0) is 17.8. The second-order valence-corrected chi connectivity index (χ2v) is 6.35. The van der Waals surface area contributed by atoms with Crippen molar-refractivity contribution in [2.45, 2.75) is 25.3 Å². The van der Waals surface area contributed by atoms with Gasteiger partial charge in [-0.2, -0.15) is 0 Å². The molecule has 2 aliphatic heterocycles. The Morgan fingerprint density at radius 1 is 1.36 bits per heavy atom. The second-order valence-electron chi connectivity index (χ2n) is 6.35. The van der Waals surface area contributed by atoms with E-state index in [4.69, 9.17) is 0 Å². The van der Waals surface area contributed by atoms with Gasteiger partial charge in [-0.05, 0) is 18.6 Å². The number of piperazine rings is 1. The lowest BCUT2D eigenvalue weighted by molar-refractivity contribution is -0.144. The van der Waals surface area contributed by atoms with E-state index in [1.165, 1.54) is 4.90 Å². The Balaban J connectivity index is 1.70. The lowest BCUT2D eigenvalue weighted by Crippen LogP contribution is -2.53. The normalized spacial score (nSPS) is 21.0. The van der Waals surface area contributed by atoms with Gasteiger partial charge in [0.05, 0.1) is 17.8 Å². The summed E-state index contributed by atoms with van der Waals surface area (Å²) < 4.78 is 0. The molecule has 2 fully saturated rings. The molecule has 3 rings (SSSR count). The first-order valence-electron chi connectivity index (χ1n) is 8.55. The molecule has 2 aliphatic rings. The maximum atomic E-state index is 12.7. The first-order chi connectivity index (χ1) is 12.1. The summed E-state index contributed by atoms with van der Waals surface area (Å²) in [6.45, 7) is 3.54. The number of hydrogen-bond acceptors (Lipinski definition) is 6. The number of imide groups is 1. The molecule has 0 aromatic carbocycles. The minimum absolute atomic E-state index is 0.133. The zero-order valence-corrected chi connectivity index (χ0v) is 14.3. The summed E-state index contributed by atoms with van der Waals surface area (Å²) in [6.07, 6.45) is 2.43. The van der Waals surface area contributed by atoms with Gasteiger partial charge in [0.2, 0.25) is 17.7 Å². The molecule has 0 radical (unpaired) electrons. The molecule has 2 N–H and O–H groups in total. The summed E-state index contributed by atoms with van der Waals surface area (Å²) in [7, 11) is 1.61. The van der Waals surface area contributed by atoms with Crippen LogP contribution in [0.15, 0.2) is 18.3 Å². The molecule has 0 bridgehead atoms. The molecule has 134 valence electrons. The van der Waals surface area contributed by atoms with Crippen LogP contribution < -0.4 is 15.5 Å². The summed E-state index contributed by atoms with van der Waals surface area (Å²) in [5.74, 6) is -0.868. The third-order valence-electron chi connectivity index (χ3n) is 4.71. The van der Waals surface area contributed by atoms with Gasteiger partial charge in [0, 0.05) is 45.8 Å². The molecule has 0 aliphatic carbocycles. The van der Waals surface area contributed by atoms with Gasteiger partial charge >= 0.3 is 0 Å². The Labute approximate surface area is 146 Å². The van der Waals surface area contributed by atoms with Crippen LogP contribution in [0.3, 0.4) is 0 Å². The summed E-state index contributed by atoms with van der Waals surface area (Å²) in [5, 5.41) is 5.59. The number of nitrogens with one attached hydrogen (secondary N) is 2. The quantitative estimate of drug-likeness (QED) is 0.701. The van der Waals surface area contributed by atoms with Crippen LogP contribution in [0.5, 0.6) is 0 Å². The van der Waals surface area contributed by atoms with Crippen LogP contribution in [-0.2, 0) is 20.8 Å². The lowest BCUT2D eigenvalue weighted by atomic mass is 10.0. The fraction of sp³-hybridized carbons (Fsp3) is 0.529. The Morgan fingerprint density at radius 2 is 2.12 bits per heavy atom. The number of pyridine rings is 1. The minimum atomic E-state index is -0.600. The van der Waals surface area contributed by atoms with Crippen molar-refractivity contribution in [1.29, 1.82) is 0 Å². The summed E-state index contributed by atoms with van der Waals surface area (Å²) in [5.41, 5.74) is 1.68.